The number of ketones is 1. The van der Waals surface area contributed by atoms with Gasteiger partial charge in [0.05, 0.1) is 13.0 Å². The average molecular weight is 410 g/mol. The minimum absolute atomic E-state index is 0.0240. The molecule has 1 aromatic rings. The van der Waals surface area contributed by atoms with Gasteiger partial charge in [-0.1, -0.05) is 0 Å². The van der Waals surface area contributed by atoms with Gasteiger partial charge in [-0.05, 0) is 54.6 Å². The van der Waals surface area contributed by atoms with E-state index in [9.17, 15) is 10.1 Å². The fraction of sp³-hybridized carbons (Fsp3) is 0.250. The van der Waals surface area contributed by atoms with Crippen LogP contribution in [0.3, 0.4) is 0 Å². The molecule has 114 valence electrons. The SMILES string of the molecule is COc1ccc(I)cc1C1C(C#N)=C(N)OC(C)=C1C(C)=O. The number of carbonyl (C=O) groups excluding carboxylic acids is 1. The van der Waals surface area contributed by atoms with E-state index in [2.05, 4.69) is 28.7 Å². The maximum absolute atomic E-state index is 12.1. The molecule has 0 amide bonds. The molecule has 2 rings (SSSR count). The van der Waals surface area contributed by atoms with Crippen LogP contribution in [0.5, 0.6) is 5.75 Å². The number of allylic oxidation sites excluding steroid dienone is 3. The van der Waals surface area contributed by atoms with Gasteiger partial charge in [0.15, 0.2) is 5.78 Å². The molecular weight excluding hydrogens is 395 g/mol. The Bertz CT molecular complexity index is 744. The van der Waals surface area contributed by atoms with Gasteiger partial charge in [0.1, 0.15) is 23.2 Å². The molecule has 0 bridgehead atoms. The number of methoxy groups -OCH3 is 1. The lowest BCUT2D eigenvalue weighted by Gasteiger charge is -2.27. The first kappa shape index (κ1) is 16.4. The van der Waals surface area contributed by atoms with Crippen LogP contribution < -0.4 is 10.5 Å². The van der Waals surface area contributed by atoms with Gasteiger partial charge in [-0.25, -0.2) is 0 Å². The van der Waals surface area contributed by atoms with Crippen molar-refractivity contribution in [1.29, 1.82) is 5.26 Å². The molecule has 1 atom stereocenters. The van der Waals surface area contributed by atoms with Crippen LogP contribution in [0, 0.1) is 14.9 Å². The largest absolute Gasteiger partial charge is 0.496 e. The number of nitrogens with zero attached hydrogens (tertiary/aromatic N) is 1. The van der Waals surface area contributed by atoms with E-state index in [4.69, 9.17) is 15.2 Å². The Hall–Kier alpha value is -2.01. The predicted octanol–water partition coefficient (Wildman–Crippen LogP) is 2.97. The zero-order valence-electron chi connectivity index (χ0n) is 12.4. The highest BCUT2D eigenvalue weighted by atomic mass is 127. The second-order valence-electron chi connectivity index (χ2n) is 4.84. The van der Waals surface area contributed by atoms with E-state index in [-0.39, 0.29) is 17.2 Å². The fourth-order valence-electron chi connectivity index (χ4n) is 2.58. The summed E-state index contributed by atoms with van der Waals surface area (Å²) in [4.78, 5) is 12.1. The van der Waals surface area contributed by atoms with Crippen molar-refractivity contribution in [3.8, 4) is 11.8 Å². The molecule has 2 N–H and O–H groups in total. The molecule has 22 heavy (non-hydrogen) atoms. The smallest absolute Gasteiger partial charge is 0.205 e. The number of halogens is 1. The number of rotatable bonds is 3. The molecule has 0 spiro atoms. The van der Waals surface area contributed by atoms with Crippen molar-refractivity contribution in [3.63, 3.8) is 0 Å². The molecule has 0 saturated heterocycles. The molecule has 0 aliphatic carbocycles. The zero-order valence-corrected chi connectivity index (χ0v) is 14.6. The summed E-state index contributed by atoms with van der Waals surface area (Å²) >= 11 is 2.17. The van der Waals surface area contributed by atoms with Crippen molar-refractivity contribution in [3.05, 3.63) is 50.1 Å². The number of hydrogen-bond donors (Lipinski definition) is 1. The maximum atomic E-state index is 12.1. The van der Waals surface area contributed by atoms with Gasteiger partial charge in [0.25, 0.3) is 0 Å². The Morgan fingerprint density at radius 2 is 2.18 bits per heavy atom. The topological polar surface area (TPSA) is 85.3 Å². The van der Waals surface area contributed by atoms with E-state index in [1.54, 1.807) is 14.0 Å². The summed E-state index contributed by atoms with van der Waals surface area (Å²) in [5, 5.41) is 9.47. The van der Waals surface area contributed by atoms with Gasteiger partial charge in [0.2, 0.25) is 5.88 Å². The molecule has 6 heteroatoms. The van der Waals surface area contributed by atoms with Crippen LogP contribution in [0.25, 0.3) is 0 Å². The highest BCUT2D eigenvalue weighted by molar-refractivity contribution is 14.1. The Morgan fingerprint density at radius 3 is 2.73 bits per heavy atom. The third-order valence-corrected chi connectivity index (χ3v) is 4.16. The number of benzene rings is 1. The second-order valence-corrected chi connectivity index (χ2v) is 6.08. The lowest BCUT2D eigenvalue weighted by atomic mass is 9.81. The van der Waals surface area contributed by atoms with Crippen molar-refractivity contribution in [2.24, 2.45) is 5.73 Å². The van der Waals surface area contributed by atoms with Crippen LogP contribution in [0.2, 0.25) is 0 Å². The van der Waals surface area contributed by atoms with E-state index in [1.807, 2.05) is 18.2 Å². The van der Waals surface area contributed by atoms with Crippen LogP contribution >= 0.6 is 22.6 Å². The second kappa shape index (κ2) is 6.40. The van der Waals surface area contributed by atoms with Gasteiger partial charge < -0.3 is 15.2 Å². The van der Waals surface area contributed by atoms with Gasteiger partial charge in [-0.3, -0.25) is 4.79 Å². The minimum atomic E-state index is -0.582. The number of Topliss-reactive ketones (excluding diaryl/α,β-unsaturated/α-hetero) is 1. The lowest BCUT2D eigenvalue weighted by molar-refractivity contribution is -0.114. The summed E-state index contributed by atoms with van der Waals surface area (Å²) in [6, 6.07) is 7.65. The first-order valence-electron chi connectivity index (χ1n) is 6.53. The van der Waals surface area contributed by atoms with Gasteiger partial charge in [-0.15, -0.1) is 0 Å². The monoisotopic (exact) mass is 410 g/mol. The van der Waals surface area contributed by atoms with Crippen LogP contribution in [0.1, 0.15) is 25.3 Å². The van der Waals surface area contributed by atoms with E-state index >= 15 is 0 Å². The Morgan fingerprint density at radius 1 is 1.50 bits per heavy atom. The van der Waals surface area contributed by atoms with Crippen LogP contribution in [0.4, 0.5) is 0 Å². The van der Waals surface area contributed by atoms with E-state index in [1.165, 1.54) is 6.92 Å². The summed E-state index contributed by atoms with van der Waals surface area (Å²) in [6.45, 7) is 3.12. The summed E-state index contributed by atoms with van der Waals surface area (Å²) in [5.74, 6) is 0.287. The highest BCUT2D eigenvalue weighted by Crippen LogP contribution is 2.43. The summed E-state index contributed by atoms with van der Waals surface area (Å²) in [7, 11) is 1.55. The number of nitriles is 1. The minimum Gasteiger partial charge on any atom is -0.496 e. The third-order valence-electron chi connectivity index (χ3n) is 3.49. The molecule has 1 aliphatic rings. The summed E-state index contributed by atoms with van der Waals surface area (Å²) in [6.07, 6.45) is 0. The molecule has 1 heterocycles. The highest BCUT2D eigenvalue weighted by Gasteiger charge is 2.35. The van der Waals surface area contributed by atoms with Crippen LogP contribution in [-0.2, 0) is 9.53 Å². The Balaban J connectivity index is 2.77. The molecule has 1 aliphatic heterocycles. The normalized spacial score (nSPS) is 17.9. The number of nitrogens with two attached hydrogens (primary N) is 1. The predicted molar refractivity (Wildman–Crippen MR) is 89.7 cm³/mol. The van der Waals surface area contributed by atoms with Crippen molar-refractivity contribution in [2.45, 2.75) is 19.8 Å². The molecule has 5 nitrogen and oxygen atoms in total. The molecule has 0 saturated carbocycles. The average Bonchev–Trinajstić information content (AvgIpc) is 2.45. The molecule has 1 aromatic carbocycles. The van der Waals surface area contributed by atoms with Crippen LogP contribution in [-0.4, -0.2) is 12.9 Å². The Kier molecular flexibility index (Phi) is 4.76. The van der Waals surface area contributed by atoms with E-state index < -0.39 is 5.92 Å². The molecule has 1 unspecified atom stereocenters. The number of carbonyl (C=O) groups is 1. The van der Waals surface area contributed by atoms with Crippen molar-refractivity contribution >= 4 is 28.4 Å². The van der Waals surface area contributed by atoms with Crippen molar-refractivity contribution in [1.82, 2.24) is 0 Å². The maximum Gasteiger partial charge on any atom is 0.205 e. The van der Waals surface area contributed by atoms with Crippen molar-refractivity contribution in [2.75, 3.05) is 7.11 Å². The van der Waals surface area contributed by atoms with Gasteiger partial charge in [0, 0.05) is 14.7 Å². The fourth-order valence-corrected chi connectivity index (χ4v) is 3.09. The standard InChI is InChI=1S/C16H15IN2O3/c1-8(20)14-9(2)22-16(19)12(7-18)15(14)11-6-10(17)4-5-13(11)21-3/h4-6,15H,19H2,1-3H3. The molecule has 0 radical (unpaired) electrons. The first-order chi connectivity index (χ1) is 10.4. The molecular formula is C16H15IN2O3. The van der Waals surface area contributed by atoms with E-state index in [0.29, 0.717) is 17.1 Å². The zero-order chi connectivity index (χ0) is 16.4. The van der Waals surface area contributed by atoms with E-state index in [0.717, 1.165) is 9.13 Å². The number of hydrogen-bond acceptors (Lipinski definition) is 5. The number of ether oxygens (including phenoxy) is 2. The first-order valence-corrected chi connectivity index (χ1v) is 7.61. The summed E-state index contributed by atoms with van der Waals surface area (Å²) in [5.41, 5.74) is 7.21. The van der Waals surface area contributed by atoms with Crippen LogP contribution in [0.15, 0.2) is 41.0 Å². The summed E-state index contributed by atoms with van der Waals surface area (Å²) < 4.78 is 11.7. The van der Waals surface area contributed by atoms with Crippen molar-refractivity contribution < 1.29 is 14.3 Å². The third kappa shape index (κ3) is 2.81. The molecule has 0 aromatic heterocycles. The van der Waals surface area contributed by atoms with Gasteiger partial charge >= 0.3 is 0 Å². The Labute approximate surface area is 142 Å². The molecule has 0 fully saturated rings. The van der Waals surface area contributed by atoms with Gasteiger partial charge in [-0.2, -0.15) is 5.26 Å². The quantitative estimate of drug-likeness (QED) is 0.775. The lowest BCUT2D eigenvalue weighted by Crippen LogP contribution is -2.23.